The van der Waals surface area contributed by atoms with E-state index in [1.807, 2.05) is 12.1 Å². The molecular weight excluding hydrogens is 428 g/mol. The first kappa shape index (κ1) is 22.9. The zero-order valence-electron chi connectivity index (χ0n) is 17.6. The lowest BCUT2D eigenvalue weighted by Gasteiger charge is -2.12. The van der Waals surface area contributed by atoms with Gasteiger partial charge in [0.2, 0.25) is 0 Å². The van der Waals surface area contributed by atoms with Gasteiger partial charge in [0, 0.05) is 23.6 Å². The Hall–Kier alpha value is -2.77. The maximum atomic E-state index is 12.6. The second-order valence-corrected chi connectivity index (χ2v) is 9.97. The Morgan fingerprint density at radius 3 is 2.35 bits per heavy atom. The highest BCUT2D eigenvalue weighted by molar-refractivity contribution is 7.98. The summed E-state index contributed by atoms with van der Waals surface area (Å²) in [5, 5.41) is 2.90. The number of amides is 1. The van der Waals surface area contributed by atoms with Crippen molar-refractivity contribution < 1.29 is 13.2 Å². The summed E-state index contributed by atoms with van der Waals surface area (Å²) in [5.74, 6) is 1.47. The van der Waals surface area contributed by atoms with Crippen LogP contribution in [0.15, 0.2) is 77.7 Å². The number of rotatable bonds is 9. The lowest BCUT2D eigenvalue weighted by atomic mass is 10.1. The first-order valence-electron chi connectivity index (χ1n) is 9.96. The fourth-order valence-electron chi connectivity index (χ4n) is 2.97. The predicted molar refractivity (Wildman–Crippen MR) is 128 cm³/mol. The topological polar surface area (TPSA) is 75.3 Å². The normalized spacial score (nSPS) is 11.2. The number of nitrogens with one attached hydrogen (secondary N) is 2. The highest BCUT2D eigenvalue weighted by atomic mass is 32.2. The average Bonchev–Trinajstić information content (AvgIpc) is 2.76. The summed E-state index contributed by atoms with van der Waals surface area (Å²) < 4.78 is 27.8. The molecular formula is C24H26N2O3S2. The van der Waals surface area contributed by atoms with Crippen molar-refractivity contribution in [2.75, 3.05) is 17.0 Å². The molecule has 0 spiro atoms. The van der Waals surface area contributed by atoms with Crippen LogP contribution < -0.4 is 10.0 Å². The third-order valence-corrected chi connectivity index (χ3v) is 7.24. The van der Waals surface area contributed by atoms with E-state index >= 15 is 0 Å². The van der Waals surface area contributed by atoms with Crippen LogP contribution in [0.25, 0.3) is 0 Å². The monoisotopic (exact) mass is 454 g/mol. The Bertz CT molecular complexity index is 1150. The standard InChI is InChI=1S/C24H26N2O3S2/c1-18-8-6-7-9-21(18)17-30-15-14-25-24(27)20-13-12-19(2)23(16-20)26-31(28,29)22-10-4-3-5-11-22/h3-13,16,26H,14-15,17H2,1-2H3,(H,25,27). The van der Waals surface area contributed by atoms with E-state index in [9.17, 15) is 13.2 Å². The number of benzene rings is 3. The lowest BCUT2D eigenvalue weighted by Crippen LogP contribution is -2.26. The fraction of sp³-hybridized carbons (Fsp3) is 0.208. The van der Waals surface area contributed by atoms with Gasteiger partial charge in [0.1, 0.15) is 0 Å². The molecule has 0 unspecified atom stereocenters. The minimum Gasteiger partial charge on any atom is -0.351 e. The molecule has 0 fully saturated rings. The number of carbonyl (C=O) groups is 1. The van der Waals surface area contributed by atoms with Crippen molar-refractivity contribution in [2.45, 2.75) is 24.5 Å². The molecule has 0 aliphatic carbocycles. The summed E-state index contributed by atoms with van der Waals surface area (Å²) in [7, 11) is -3.72. The average molecular weight is 455 g/mol. The van der Waals surface area contributed by atoms with Crippen LogP contribution in [0.1, 0.15) is 27.0 Å². The van der Waals surface area contributed by atoms with Crippen molar-refractivity contribution in [3.8, 4) is 0 Å². The minimum absolute atomic E-state index is 0.176. The van der Waals surface area contributed by atoms with Gasteiger partial charge >= 0.3 is 0 Å². The van der Waals surface area contributed by atoms with Gasteiger partial charge in [-0.2, -0.15) is 11.8 Å². The van der Waals surface area contributed by atoms with Crippen LogP contribution in [0.2, 0.25) is 0 Å². The Balaban J connectivity index is 1.56. The molecule has 31 heavy (non-hydrogen) atoms. The van der Waals surface area contributed by atoms with Crippen LogP contribution in [-0.4, -0.2) is 26.6 Å². The number of sulfonamides is 1. The zero-order valence-corrected chi connectivity index (χ0v) is 19.2. The summed E-state index contributed by atoms with van der Waals surface area (Å²) in [6, 6.07) is 21.4. The van der Waals surface area contributed by atoms with Crippen LogP contribution in [0.3, 0.4) is 0 Å². The lowest BCUT2D eigenvalue weighted by molar-refractivity contribution is 0.0956. The van der Waals surface area contributed by atoms with E-state index < -0.39 is 10.0 Å². The predicted octanol–water partition coefficient (Wildman–Crippen LogP) is 4.77. The fourth-order valence-corrected chi connectivity index (χ4v) is 5.05. The van der Waals surface area contributed by atoms with Crippen molar-refractivity contribution in [2.24, 2.45) is 0 Å². The van der Waals surface area contributed by atoms with Crippen LogP contribution in [-0.2, 0) is 15.8 Å². The van der Waals surface area contributed by atoms with Crippen LogP contribution in [0, 0.1) is 13.8 Å². The van der Waals surface area contributed by atoms with Gasteiger partial charge in [0.05, 0.1) is 10.6 Å². The van der Waals surface area contributed by atoms with E-state index in [1.165, 1.54) is 23.3 Å². The van der Waals surface area contributed by atoms with Crippen LogP contribution >= 0.6 is 11.8 Å². The quantitative estimate of drug-likeness (QED) is 0.457. The van der Waals surface area contributed by atoms with Gasteiger partial charge in [-0.1, -0.05) is 48.5 Å². The third kappa shape index (κ3) is 6.35. The second-order valence-electron chi connectivity index (χ2n) is 7.18. The van der Waals surface area contributed by atoms with Gasteiger partial charge < -0.3 is 5.32 Å². The molecule has 3 rings (SSSR count). The Labute approximate surface area is 188 Å². The molecule has 162 valence electrons. The van der Waals surface area contributed by atoms with Crippen molar-refractivity contribution in [3.05, 3.63) is 95.1 Å². The molecule has 0 atom stereocenters. The molecule has 3 aromatic rings. The van der Waals surface area contributed by atoms with Gasteiger partial charge in [-0.05, 0) is 54.8 Å². The number of thioether (sulfide) groups is 1. The summed E-state index contributed by atoms with van der Waals surface area (Å²) in [5.41, 5.74) is 4.12. The third-order valence-electron chi connectivity index (χ3n) is 4.85. The van der Waals surface area contributed by atoms with Gasteiger partial charge in [-0.15, -0.1) is 0 Å². The van der Waals surface area contributed by atoms with Crippen molar-refractivity contribution in [1.29, 1.82) is 0 Å². The van der Waals surface area contributed by atoms with Crippen molar-refractivity contribution >= 4 is 33.4 Å². The first-order valence-corrected chi connectivity index (χ1v) is 12.6. The number of hydrogen-bond acceptors (Lipinski definition) is 4. The highest BCUT2D eigenvalue weighted by Crippen LogP contribution is 2.21. The molecule has 0 aliphatic heterocycles. The Morgan fingerprint density at radius 2 is 1.61 bits per heavy atom. The zero-order chi connectivity index (χ0) is 22.3. The van der Waals surface area contributed by atoms with E-state index in [0.717, 1.165) is 17.1 Å². The summed E-state index contributed by atoms with van der Waals surface area (Å²) in [6.45, 7) is 4.43. The number of aryl methyl sites for hydroxylation is 2. The molecule has 0 aliphatic rings. The molecule has 5 nitrogen and oxygen atoms in total. The van der Waals surface area contributed by atoms with E-state index in [4.69, 9.17) is 0 Å². The molecule has 0 radical (unpaired) electrons. The smallest absolute Gasteiger partial charge is 0.261 e. The number of carbonyl (C=O) groups excluding carboxylic acids is 1. The molecule has 7 heteroatoms. The summed E-state index contributed by atoms with van der Waals surface area (Å²) in [4.78, 5) is 12.7. The Morgan fingerprint density at radius 1 is 0.903 bits per heavy atom. The maximum absolute atomic E-state index is 12.6. The van der Waals surface area contributed by atoms with Gasteiger partial charge in [0.25, 0.3) is 15.9 Å². The van der Waals surface area contributed by atoms with E-state index in [1.54, 1.807) is 55.1 Å². The van der Waals surface area contributed by atoms with Crippen LogP contribution in [0.4, 0.5) is 5.69 Å². The number of hydrogen-bond donors (Lipinski definition) is 2. The van der Waals surface area contributed by atoms with Crippen molar-refractivity contribution in [3.63, 3.8) is 0 Å². The second kappa shape index (κ2) is 10.5. The molecule has 0 aromatic heterocycles. The molecule has 0 saturated heterocycles. The molecule has 0 saturated carbocycles. The van der Waals surface area contributed by atoms with Gasteiger partial charge in [-0.3, -0.25) is 9.52 Å². The van der Waals surface area contributed by atoms with E-state index in [2.05, 4.69) is 29.1 Å². The van der Waals surface area contributed by atoms with Crippen molar-refractivity contribution in [1.82, 2.24) is 5.32 Å². The number of anilines is 1. The summed E-state index contributed by atoms with van der Waals surface area (Å²) >= 11 is 1.76. The first-order chi connectivity index (χ1) is 14.9. The van der Waals surface area contributed by atoms with Crippen LogP contribution in [0.5, 0.6) is 0 Å². The van der Waals surface area contributed by atoms with E-state index in [-0.39, 0.29) is 10.8 Å². The largest absolute Gasteiger partial charge is 0.351 e. The molecule has 0 heterocycles. The molecule has 1 amide bonds. The van der Waals surface area contributed by atoms with Gasteiger partial charge in [-0.25, -0.2) is 8.42 Å². The van der Waals surface area contributed by atoms with Gasteiger partial charge in [0.15, 0.2) is 0 Å². The maximum Gasteiger partial charge on any atom is 0.261 e. The Kier molecular flexibility index (Phi) is 7.76. The molecule has 2 N–H and O–H groups in total. The van der Waals surface area contributed by atoms with E-state index in [0.29, 0.717) is 17.8 Å². The molecule has 3 aromatic carbocycles. The molecule has 0 bridgehead atoms. The highest BCUT2D eigenvalue weighted by Gasteiger charge is 2.16. The SMILES string of the molecule is Cc1ccccc1CSCCNC(=O)c1ccc(C)c(NS(=O)(=O)c2ccccc2)c1. The minimum atomic E-state index is -3.72. The summed E-state index contributed by atoms with van der Waals surface area (Å²) in [6.07, 6.45) is 0.